The van der Waals surface area contributed by atoms with Crippen molar-refractivity contribution < 1.29 is 13.6 Å². The third kappa shape index (κ3) is 3.58. The maximum absolute atomic E-state index is 13.6. The van der Waals surface area contributed by atoms with Crippen LogP contribution in [0.3, 0.4) is 0 Å². The predicted molar refractivity (Wildman–Crippen MR) is 80.5 cm³/mol. The number of aryl methyl sites for hydroxylation is 1. The molecule has 2 aromatic rings. The molecule has 0 saturated carbocycles. The van der Waals surface area contributed by atoms with Crippen molar-refractivity contribution in [3.63, 3.8) is 0 Å². The van der Waals surface area contributed by atoms with Crippen molar-refractivity contribution in [2.24, 2.45) is 0 Å². The lowest BCUT2D eigenvalue weighted by atomic mass is 10.1. The number of anilines is 1. The van der Waals surface area contributed by atoms with Gasteiger partial charge < -0.3 is 11.1 Å². The first kappa shape index (κ1) is 15.4. The molecule has 1 atom stereocenters. The molecule has 2 rings (SSSR count). The van der Waals surface area contributed by atoms with E-state index in [0.29, 0.717) is 10.6 Å². The van der Waals surface area contributed by atoms with Crippen LogP contribution >= 0.6 is 11.3 Å². The van der Waals surface area contributed by atoms with Crippen LogP contribution in [0.25, 0.3) is 0 Å². The van der Waals surface area contributed by atoms with Gasteiger partial charge in [0.05, 0.1) is 4.88 Å². The molecular weight excluding hydrogens is 294 g/mol. The van der Waals surface area contributed by atoms with Crippen LogP contribution in [0, 0.1) is 18.6 Å². The molecule has 0 aliphatic heterocycles. The first-order chi connectivity index (χ1) is 9.88. The number of hydrogen-bond donors (Lipinski definition) is 2. The van der Waals surface area contributed by atoms with Gasteiger partial charge in [0, 0.05) is 22.2 Å². The van der Waals surface area contributed by atoms with Gasteiger partial charge >= 0.3 is 0 Å². The van der Waals surface area contributed by atoms with Crippen LogP contribution in [0.2, 0.25) is 0 Å². The molecule has 0 bridgehead atoms. The summed E-state index contributed by atoms with van der Waals surface area (Å²) >= 11 is 1.29. The van der Waals surface area contributed by atoms with Crippen molar-refractivity contribution in [2.75, 3.05) is 5.73 Å². The Bertz CT molecular complexity index is 630. The van der Waals surface area contributed by atoms with Gasteiger partial charge in [-0.15, -0.1) is 11.3 Å². The highest BCUT2D eigenvalue weighted by molar-refractivity contribution is 7.14. The number of amides is 1. The zero-order valence-corrected chi connectivity index (χ0v) is 12.6. The van der Waals surface area contributed by atoms with E-state index in [9.17, 15) is 13.6 Å². The van der Waals surface area contributed by atoms with Crippen LogP contribution in [-0.4, -0.2) is 11.9 Å². The maximum Gasteiger partial charge on any atom is 0.261 e. The predicted octanol–water partition coefficient (Wildman–Crippen LogP) is 3.28. The number of carbonyl (C=O) groups excluding carboxylic acids is 1. The highest BCUT2D eigenvalue weighted by atomic mass is 32.1. The van der Waals surface area contributed by atoms with E-state index >= 15 is 0 Å². The van der Waals surface area contributed by atoms with Crippen LogP contribution in [0.15, 0.2) is 24.3 Å². The molecule has 1 aromatic heterocycles. The molecule has 21 heavy (non-hydrogen) atoms. The molecule has 0 aliphatic carbocycles. The lowest BCUT2D eigenvalue weighted by Crippen LogP contribution is -2.34. The molecule has 1 aromatic carbocycles. The van der Waals surface area contributed by atoms with E-state index in [0.717, 1.165) is 4.88 Å². The Hall–Kier alpha value is -1.95. The fourth-order valence-electron chi connectivity index (χ4n) is 1.99. The zero-order chi connectivity index (χ0) is 15.6. The normalized spacial score (nSPS) is 12.2. The van der Waals surface area contributed by atoms with Crippen molar-refractivity contribution in [1.82, 2.24) is 5.32 Å². The SMILES string of the molecule is Cc1sc(C(=O)NC(C)Cc2c(F)cccc2F)cc1N. The number of thiophene rings is 1. The summed E-state index contributed by atoms with van der Waals surface area (Å²) in [7, 11) is 0. The van der Waals surface area contributed by atoms with Gasteiger partial charge in [-0.3, -0.25) is 4.79 Å². The van der Waals surface area contributed by atoms with Crippen molar-refractivity contribution in [2.45, 2.75) is 26.3 Å². The lowest BCUT2D eigenvalue weighted by molar-refractivity contribution is 0.0944. The number of carbonyl (C=O) groups is 1. The van der Waals surface area contributed by atoms with E-state index < -0.39 is 17.7 Å². The van der Waals surface area contributed by atoms with E-state index in [1.807, 2.05) is 6.92 Å². The zero-order valence-electron chi connectivity index (χ0n) is 11.7. The minimum absolute atomic E-state index is 0.0211. The van der Waals surface area contributed by atoms with E-state index in [4.69, 9.17) is 5.73 Å². The molecule has 0 spiro atoms. The van der Waals surface area contributed by atoms with Crippen LogP contribution in [-0.2, 0) is 6.42 Å². The molecule has 3 nitrogen and oxygen atoms in total. The van der Waals surface area contributed by atoms with Crippen molar-refractivity contribution >= 4 is 22.9 Å². The van der Waals surface area contributed by atoms with E-state index in [2.05, 4.69) is 5.32 Å². The summed E-state index contributed by atoms with van der Waals surface area (Å²) < 4.78 is 27.1. The summed E-state index contributed by atoms with van der Waals surface area (Å²) in [5, 5.41) is 2.72. The molecule has 0 fully saturated rings. The second-order valence-corrected chi connectivity index (χ2v) is 6.16. The van der Waals surface area contributed by atoms with Crippen LogP contribution in [0.5, 0.6) is 0 Å². The van der Waals surface area contributed by atoms with E-state index in [-0.39, 0.29) is 17.9 Å². The van der Waals surface area contributed by atoms with Crippen LogP contribution in [0.1, 0.15) is 27.0 Å². The highest BCUT2D eigenvalue weighted by Gasteiger charge is 2.16. The number of nitrogens with two attached hydrogens (primary N) is 1. The summed E-state index contributed by atoms with van der Waals surface area (Å²) in [5.41, 5.74) is 6.25. The Kier molecular flexibility index (Phi) is 4.57. The van der Waals surface area contributed by atoms with Gasteiger partial charge in [0.15, 0.2) is 0 Å². The standard InChI is InChI=1S/C15H16F2N2OS/c1-8(6-10-11(16)4-3-5-12(10)17)19-15(20)14-7-13(18)9(2)21-14/h3-5,7-8H,6,18H2,1-2H3,(H,19,20). The number of rotatable bonds is 4. The lowest BCUT2D eigenvalue weighted by Gasteiger charge is -2.14. The van der Waals surface area contributed by atoms with Crippen molar-refractivity contribution in [1.29, 1.82) is 0 Å². The summed E-state index contributed by atoms with van der Waals surface area (Å²) in [6, 6.07) is 4.93. The Labute approximate surface area is 125 Å². The molecule has 0 saturated heterocycles. The smallest absolute Gasteiger partial charge is 0.261 e. The number of nitrogen functional groups attached to an aromatic ring is 1. The monoisotopic (exact) mass is 310 g/mol. The summed E-state index contributed by atoms with van der Waals surface area (Å²) in [6.07, 6.45) is 0.0874. The molecule has 0 aliphatic rings. The van der Waals surface area contributed by atoms with Gasteiger partial charge in [-0.05, 0) is 38.5 Å². The Morgan fingerprint density at radius 3 is 2.52 bits per heavy atom. The second kappa shape index (κ2) is 6.22. The first-order valence-electron chi connectivity index (χ1n) is 6.48. The van der Waals surface area contributed by atoms with Crippen LogP contribution in [0.4, 0.5) is 14.5 Å². The number of hydrogen-bond acceptors (Lipinski definition) is 3. The quantitative estimate of drug-likeness (QED) is 0.910. The number of benzene rings is 1. The number of nitrogens with one attached hydrogen (secondary N) is 1. The fourth-order valence-corrected chi connectivity index (χ4v) is 2.83. The topological polar surface area (TPSA) is 55.1 Å². The molecule has 0 radical (unpaired) electrons. The third-order valence-corrected chi connectivity index (χ3v) is 4.19. The van der Waals surface area contributed by atoms with Crippen LogP contribution < -0.4 is 11.1 Å². The van der Waals surface area contributed by atoms with Gasteiger partial charge in [-0.25, -0.2) is 8.78 Å². The minimum atomic E-state index is -0.604. The molecular formula is C15H16F2N2OS. The van der Waals surface area contributed by atoms with Crippen molar-refractivity contribution in [3.8, 4) is 0 Å². The maximum atomic E-state index is 13.6. The van der Waals surface area contributed by atoms with Gasteiger partial charge in [0.25, 0.3) is 5.91 Å². The van der Waals surface area contributed by atoms with E-state index in [1.165, 1.54) is 29.5 Å². The Morgan fingerprint density at radius 2 is 2.00 bits per heavy atom. The van der Waals surface area contributed by atoms with Gasteiger partial charge in [0.2, 0.25) is 0 Å². The Balaban J connectivity index is 2.05. The molecule has 3 N–H and O–H groups in total. The first-order valence-corrected chi connectivity index (χ1v) is 7.29. The van der Waals surface area contributed by atoms with E-state index in [1.54, 1.807) is 13.0 Å². The highest BCUT2D eigenvalue weighted by Crippen LogP contribution is 2.23. The molecule has 1 unspecified atom stereocenters. The molecule has 1 amide bonds. The number of halogens is 2. The average molecular weight is 310 g/mol. The molecule has 112 valence electrons. The van der Waals surface area contributed by atoms with Gasteiger partial charge in [-0.1, -0.05) is 6.07 Å². The third-order valence-electron chi connectivity index (χ3n) is 3.13. The van der Waals surface area contributed by atoms with Gasteiger partial charge in [0.1, 0.15) is 11.6 Å². The molecule has 6 heteroatoms. The average Bonchev–Trinajstić information content (AvgIpc) is 2.74. The van der Waals surface area contributed by atoms with Gasteiger partial charge in [-0.2, -0.15) is 0 Å². The summed E-state index contributed by atoms with van der Waals surface area (Å²) in [4.78, 5) is 13.4. The summed E-state index contributed by atoms with van der Waals surface area (Å²) in [6.45, 7) is 3.53. The fraction of sp³-hybridized carbons (Fsp3) is 0.267. The minimum Gasteiger partial charge on any atom is -0.398 e. The van der Waals surface area contributed by atoms with Crippen molar-refractivity contribution in [3.05, 3.63) is 51.2 Å². The summed E-state index contributed by atoms with van der Waals surface area (Å²) in [5.74, 6) is -1.50. The largest absolute Gasteiger partial charge is 0.398 e. The Morgan fingerprint density at radius 1 is 1.38 bits per heavy atom. The molecule has 1 heterocycles. The second-order valence-electron chi connectivity index (χ2n) is 4.90.